The molecule has 1 fully saturated rings. The topological polar surface area (TPSA) is 29.5 Å². The van der Waals surface area contributed by atoms with Crippen molar-refractivity contribution in [3.05, 3.63) is 22.4 Å². The van der Waals surface area contributed by atoms with Gasteiger partial charge in [-0.05, 0) is 11.4 Å². The molecule has 96 valence electrons. The first-order valence-corrected chi connectivity index (χ1v) is 6.57. The highest BCUT2D eigenvalue weighted by Gasteiger charge is 2.12. The number of hydrogen-bond acceptors (Lipinski definition) is 4. The molecule has 0 spiro atoms. The van der Waals surface area contributed by atoms with Crippen molar-refractivity contribution in [2.45, 2.75) is 12.8 Å². The number of Topliss-reactive ketones (excluding diaryl/α,β-unsaturated/α-hetero) is 1. The molecule has 1 saturated heterocycles. The molecule has 0 saturated carbocycles. The summed E-state index contributed by atoms with van der Waals surface area (Å²) in [6, 6.07) is 4.02. The largest absolute Gasteiger partial charge is 0.379 e. The third-order valence-corrected chi connectivity index (χ3v) is 3.64. The van der Waals surface area contributed by atoms with E-state index in [-0.39, 0.29) is 12.4 Å². The number of hydrogen-bond donors (Lipinski definition) is 0. The number of ketones is 1. The van der Waals surface area contributed by atoms with Crippen molar-refractivity contribution < 1.29 is 9.53 Å². The highest BCUT2D eigenvalue weighted by atomic mass is 35.5. The summed E-state index contributed by atoms with van der Waals surface area (Å²) in [7, 11) is 0. The van der Waals surface area contributed by atoms with E-state index in [4.69, 9.17) is 4.74 Å². The van der Waals surface area contributed by atoms with Gasteiger partial charge in [-0.25, -0.2) is 0 Å². The van der Waals surface area contributed by atoms with Crippen LogP contribution < -0.4 is 0 Å². The molecule has 0 unspecified atom stereocenters. The van der Waals surface area contributed by atoms with E-state index in [9.17, 15) is 4.79 Å². The monoisotopic (exact) mass is 275 g/mol. The third kappa shape index (κ3) is 5.17. The average molecular weight is 276 g/mol. The smallest absolute Gasteiger partial charge is 0.139 e. The molecule has 3 nitrogen and oxygen atoms in total. The number of carbonyl (C=O) groups excluding carboxylic acids is 1. The summed E-state index contributed by atoms with van der Waals surface area (Å²) in [6.07, 6.45) is 1.26. The summed E-state index contributed by atoms with van der Waals surface area (Å²) in [5.41, 5.74) is 0. The molecule has 0 amide bonds. The van der Waals surface area contributed by atoms with Crippen LogP contribution in [-0.4, -0.2) is 43.5 Å². The van der Waals surface area contributed by atoms with E-state index in [1.807, 2.05) is 17.5 Å². The van der Waals surface area contributed by atoms with Crippen molar-refractivity contribution in [1.82, 2.24) is 4.90 Å². The molecule has 1 aromatic rings. The van der Waals surface area contributed by atoms with Crippen LogP contribution in [0.25, 0.3) is 0 Å². The van der Waals surface area contributed by atoms with Crippen LogP contribution in [0.5, 0.6) is 0 Å². The molecule has 0 aliphatic carbocycles. The summed E-state index contributed by atoms with van der Waals surface area (Å²) in [6.45, 7) is 4.42. The minimum atomic E-state index is 0. The summed E-state index contributed by atoms with van der Waals surface area (Å²) in [5, 5.41) is 2.02. The van der Waals surface area contributed by atoms with Crippen molar-refractivity contribution in [3.63, 3.8) is 0 Å². The first-order valence-electron chi connectivity index (χ1n) is 5.69. The molecule has 0 aromatic carbocycles. The molecule has 0 atom stereocenters. The van der Waals surface area contributed by atoms with E-state index in [1.54, 1.807) is 11.3 Å². The Morgan fingerprint density at radius 3 is 2.82 bits per heavy atom. The summed E-state index contributed by atoms with van der Waals surface area (Å²) in [5.74, 6) is 0.342. The maximum atomic E-state index is 11.7. The van der Waals surface area contributed by atoms with Gasteiger partial charge in [0.1, 0.15) is 5.78 Å². The Hall–Kier alpha value is -0.420. The first-order chi connectivity index (χ1) is 7.84. The van der Waals surface area contributed by atoms with Crippen molar-refractivity contribution in [2.75, 3.05) is 32.8 Å². The lowest BCUT2D eigenvalue weighted by molar-refractivity contribution is -0.118. The van der Waals surface area contributed by atoms with Gasteiger partial charge in [-0.15, -0.1) is 23.7 Å². The molecule has 5 heteroatoms. The Kier molecular flexibility index (Phi) is 6.73. The van der Waals surface area contributed by atoms with Gasteiger partial charge in [0.2, 0.25) is 0 Å². The molecular weight excluding hydrogens is 258 g/mol. The maximum absolute atomic E-state index is 11.7. The molecule has 17 heavy (non-hydrogen) atoms. The minimum Gasteiger partial charge on any atom is -0.379 e. The van der Waals surface area contributed by atoms with Gasteiger partial charge in [0.15, 0.2) is 0 Å². The SMILES string of the molecule is Cl.O=C(CCN1CCOCC1)Cc1cccs1. The lowest BCUT2D eigenvalue weighted by Crippen LogP contribution is -2.37. The predicted molar refractivity (Wildman–Crippen MR) is 72.2 cm³/mol. The summed E-state index contributed by atoms with van der Waals surface area (Å²) in [4.78, 5) is 15.2. The minimum absolute atomic E-state index is 0. The molecule has 1 aromatic heterocycles. The van der Waals surface area contributed by atoms with Gasteiger partial charge >= 0.3 is 0 Å². The lowest BCUT2D eigenvalue weighted by atomic mass is 10.2. The zero-order chi connectivity index (χ0) is 11.2. The fourth-order valence-corrected chi connectivity index (χ4v) is 2.54. The van der Waals surface area contributed by atoms with E-state index >= 15 is 0 Å². The van der Waals surface area contributed by atoms with Crippen LogP contribution in [0, 0.1) is 0 Å². The number of carbonyl (C=O) groups is 1. The normalized spacial score (nSPS) is 16.5. The number of halogens is 1. The second kappa shape index (κ2) is 7.82. The van der Waals surface area contributed by atoms with Crippen LogP contribution in [0.1, 0.15) is 11.3 Å². The first kappa shape index (κ1) is 14.6. The van der Waals surface area contributed by atoms with Gasteiger partial charge in [0, 0.05) is 37.4 Å². The predicted octanol–water partition coefficient (Wildman–Crippen LogP) is 2.00. The molecular formula is C12H18ClNO2S. The van der Waals surface area contributed by atoms with Crippen molar-refractivity contribution in [2.24, 2.45) is 0 Å². The van der Waals surface area contributed by atoms with Crippen LogP contribution in [0.4, 0.5) is 0 Å². The highest BCUT2D eigenvalue weighted by Crippen LogP contribution is 2.10. The standard InChI is InChI=1S/C12H17NO2S.ClH/c14-11(10-12-2-1-9-16-12)3-4-13-5-7-15-8-6-13;/h1-2,9H,3-8,10H2;1H. The van der Waals surface area contributed by atoms with E-state index < -0.39 is 0 Å². The lowest BCUT2D eigenvalue weighted by Gasteiger charge is -2.26. The summed E-state index contributed by atoms with van der Waals surface area (Å²) < 4.78 is 5.27. The number of ether oxygens (including phenoxy) is 1. The molecule has 1 aliphatic rings. The van der Waals surface area contributed by atoms with Crippen LogP contribution in [-0.2, 0) is 16.0 Å². The van der Waals surface area contributed by atoms with Gasteiger partial charge in [0.05, 0.1) is 13.2 Å². The zero-order valence-corrected chi connectivity index (χ0v) is 11.4. The Morgan fingerprint density at radius 2 is 2.18 bits per heavy atom. The molecule has 2 rings (SSSR count). The van der Waals surface area contributed by atoms with Crippen molar-refractivity contribution in [1.29, 1.82) is 0 Å². The number of rotatable bonds is 5. The highest BCUT2D eigenvalue weighted by molar-refractivity contribution is 7.10. The van der Waals surface area contributed by atoms with Crippen LogP contribution >= 0.6 is 23.7 Å². The van der Waals surface area contributed by atoms with Gasteiger partial charge in [-0.3, -0.25) is 9.69 Å². The van der Waals surface area contributed by atoms with Crippen LogP contribution in [0.2, 0.25) is 0 Å². The molecule has 0 N–H and O–H groups in total. The van der Waals surface area contributed by atoms with E-state index in [0.717, 1.165) is 32.8 Å². The molecule has 0 radical (unpaired) electrons. The van der Waals surface area contributed by atoms with Crippen LogP contribution in [0.3, 0.4) is 0 Å². The number of thiophene rings is 1. The second-order valence-electron chi connectivity index (χ2n) is 4.00. The van der Waals surface area contributed by atoms with Gasteiger partial charge in [-0.2, -0.15) is 0 Å². The number of nitrogens with zero attached hydrogens (tertiary/aromatic N) is 1. The average Bonchev–Trinajstić information content (AvgIpc) is 2.81. The van der Waals surface area contributed by atoms with E-state index in [0.29, 0.717) is 18.6 Å². The maximum Gasteiger partial charge on any atom is 0.139 e. The Bertz CT molecular complexity index is 323. The third-order valence-electron chi connectivity index (χ3n) is 2.76. The van der Waals surface area contributed by atoms with Gasteiger partial charge in [0.25, 0.3) is 0 Å². The Labute approximate surface area is 112 Å². The molecule has 2 heterocycles. The van der Waals surface area contributed by atoms with E-state index in [1.165, 1.54) is 4.88 Å². The van der Waals surface area contributed by atoms with Crippen molar-refractivity contribution >= 4 is 29.5 Å². The van der Waals surface area contributed by atoms with Crippen molar-refractivity contribution in [3.8, 4) is 0 Å². The van der Waals surface area contributed by atoms with Gasteiger partial charge in [-0.1, -0.05) is 6.07 Å². The second-order valence-corrected chi connectivity index (χ2v) is 5.03. The Morgan fingerprint density at radius 1 is 1.41 bits per heavy atom. The summed E-state index contributed by atoms with van der Waals surface area (Å²) >= 11 is 1.66. The molecule has 0 bridgehead atoms. The fourth-order valence-electron chi connectivity index (χ4n) is 1.80. The quantitative estimate of drug-likeness (QED) is 0.823. The molecule has 1 aliphatic heterocycles. The number of morpholine rings is 1. The van der Waals surface area contributed by atoms with Gasteiger partial charge < -0.3 is 4.74 Å². The zero-order valence-electron chi connectivity index (χ0n) is 9.76. The fraction of sp³-hybridized carbons (Fsp3) is 0.583. The van der Waals surface area contributed by atoms with E-state index in [2.05, 4.69) is 4.90 Å². The Balaban J connectivity index is 0.00000144. The van der Waals surface area contributed by atoms with Crippen LogP contribution in [0.15, 0.2) is 17.5 Å².